The lowest BCUT2D eigenvalue weighted by molar-refractivity contribution is -0.130. The normalized spacial score (nSPS) is 18.7. The van der Waals surface area contributed by atoms with E-state index in [1.807, 2.05) is 11.4 Å². The summed E-state index contributed by atoms with van der Waals surface area (Å²) in [6.07, 6.45) is 0.807. The van der Waals surface area contributed by atoms with Crippen LogP contribution in [0.5, 0.6) is 0 Å². The topological polar surface area (TPSA) is 32.7 Å². The second-order valence-corrected chi connectivity index (χ2v) is 6.47. The van der Waals surface area contributed by atoms with Gasteiger partial charge in [0.15, 0.2) is 0 Å². The van der Waals surface area contributed by atoms with Gasteiger partial charge in [-0.1, -0.05) is 6.07 Å². The van der Waals surface area contributed by atoms with Crippen molar-refractivity contribution >= 4 is 34.3 Å². The molecule has 0 unspecified atom stereocenters. The summed E-state index contributed by atoms with van der Waals surface area (Å²) in [6.45, 7) is 3.67. The van der Waals surface area contributed by atoms with Gasteiger partial charge in [-0.15, -0.1) is 22.7 Å². The first-order valence-corrected chi connectivity index (χ1v) is 7.88. The Bertz CT molecular complexity index is 628. The predicted molar refractivity (Wildman–Crippen MR) is 79.8 cm³/mol. The van der Waals surface area contributed by atoms with Crippen molar-refractivity contribution in [3.8, 4) is 0 Å². The molecule has 0 saturated carbocycles. The number of thiophene rings is 2. The minimum Gasteiger partial charge on any atom is -0.273 e. The molecule has 1 atom stereocenters. The molecular weight excluding hydrogens is 276 g/mol. The van der Waals surface area contributed by atoms with Crippen molar-refractivity contribution in [2.75, 3.05) is 0 Å². The number of hydrogen-bond donors (Lipinski definition) is 0. The van der Waals surface area contributed by atoms with E-state index in [0.717, 1.165) is 17.0 Å². The molecule has 3 rings (SSSR count). The predicted octanol–water partition coefficient (Wildman–Crippen LogP) is 3.82. The summed E-state index contributed by atoms with van der Waals surface area (Å²) in [5.74, 6) is 0.00403. The molecule has 3 nitrogen and oxygen atoms in total. The van der Waals surface area contributed by atoms with E-state index in [0.29, 0.717) is 0 Å². The number of rotatable bonds is 2. The van der Waals surface area contributed by atoms with Gasteiger partial charge < -0.3 is 0 Å². The van der Waals surface area contributed by atoms with Crippen LogP contribution < -0.4 is 0 Å². The van der Waals surface area contributed by atoms with Crippen LogP contribution in [0.4, 0.5) is 0 Å². The Morgan fingerprint density at radius 1 is 1.37 bits per heavy atom. The Balaban J connectivity index is 1.96. The molecule has 1 amide bonds. The third kappa shape index (κ3) is 2.24. The zero-order valence-electron chi connectivity index (χ0n) is 10.8. The highest BCUT2D eigenvalue weighted by molar-refractivity contribution is 7.12. The van der Waals surface area contributed by atoms with Crippen LogP contribution in [-0.4, -0.2) is 16.6 Å². The fraction of sp³-hybridized carbons (Fsp3) is 0.286. The van der Waals surface area contributed by atoms with E-state index in [1.54, 1.807) is 34.6 Å². The van der Waals surface area contributed by atoms with E-state index < -0.39 is 0 Å². The number of carbonyl (C=O) groups excluding carboxylic acids is 1. The molecule has 5 heteroatoms. The lowest BCUT2D eigenvalue weighted by Crippen LogP contribution is -2.24. The first-order valence-electron chi connectivity index (χ1n) is 6.12. The van der Waals surface area contributed by atoms with E-state index >= 15 is 0 Å². The highest BCUT2D eigenvalue weighted by Gasteiger charge is 2.33. The lowest BCUT2D eigenvalue weighted by Gasteiger charge is -2.19. The largest absolute Gasteiger partial charge is 0.273 e. The molecule has 0 saturated heterocycles. The minimum atomic E-state index is 0.00403. The molecule has 19 heavy (non-hydrogen) atoms. The summed E-state index contributed by atoms with van der Waals surface area (Å²) in [5.41, 5.74) is 2.26. The monoisotopic (exact) mass is 290 g/mol. The molecule has 1 aliphatic rings. The van der Waals surface area contributed by atoms with Crippen LogP contribution in [0.1, 0.15) is 34.7 Å². The Hall–Kier alpha value is -1.46. The molecular formula is C14H14N2OS2. The van der Waals surface area contributed by atoms with Crippen molar-refractivity contribution in [1.29, 1.82) is 0 Å². The summed E-state index contributed by atoms with van der Waals surface area (Å²) in [6, 6.07) is 6.24. The van der Waals surface area contributed by atoms with Gasteiger partial charge in [-0.05, 0) is 35.4 Å². The van der Waals surface area contributed by atoms with Gasteiger partial charge in [-0.3, -0.25) is 4.79 Å². The average molecular weight is 290 g/mol. The fourth-order valence-electron chi connectivity index (χ4n) is 2.32. The Morgan fingerprint density at radius 2 is 2.21 bits per heavy atom. The molecule has 3 heterocycles. The smallest absolute Gasteiger partial charge is 0.240 e. The van der Waals surface area contributed by atoms with Crippen molar-refractivity contribution < 1.29 is 4.79 Å². The van der Waals surface area contributed by atoms with Crippen molar-refractivity contribution in [2.45, 2.75) is 26.3 Å². The van der Waals surface area contributed by atoms with E-state index in [2.05, 4.69) is 29.5 Å². The molecule has 2 aromatic heterocycles. The number of nitrogens with zero attached hydrogens (tertiary/aromatic N) is 2. The lowest BCUT2D eigenvalue weighted by atomic mass is 10.1. The second-order valence-electron chi connectivity index (χ2n) is 4.58. The summed E-state index contributed by atoms with van der Waals surface area (Å²) in [5, 5.41) is 10.3. The van der Waals surface area contributed by atoms with Gasteiger partial charge >= 0.3 is 0 Å². The van der Waals surface area contributed by atoms with Crippen molar-refractivity contribution in [1.82, 2.24) is 5.01 Å². The Kier molecular flexibility index (Phi) is 3.24. The van der Waals surface area contributed by atoms with Gasteiger partial charge in [-0.2, -0.15) is 5.10 Å². The minimum absolute atomic E-state index is 0.00403. The van der Waals surface area contributed by atoms with Gasteiger partial charge in [-0.25, -0.2) is 5.01 Å². The van der Waals surface area contributed by atoms with Crippen LogP contribution >= 0.6 is 22.7 Å². The zero-order valence-corrected chi connectivity index (χ0v) is 12.4. The maximum atomic E-state index is 11.8. The van der Waals surface area contributed by atoms with E-state index in [1.165, 1.54) is 10.4 Å². The third-order valence-electron chi connectivity index (χ3n) is 3.24. The summed E-state index contributed by atoms with van der Waals surface area (Å²) < 4.78 is 0. The van der Waals surface area contributed by atoms with E-state index in [-0.39, 0.29) is 11.9 Å². The second kappa shape index (κ2) is 4.90. The molecule has 98 valence electrons. The first kappa shape index (κ1) is 12.6. The summed E-state index contributed by atoms with van der Waals surface area (Å²) in [7, 11) is 0. The molecule has 0 aromatic carbocycles. The quantitative estimate of drug-likeness (QED) is 0.827. The van der Waals surface area contributed by atoms with Gasteiger partial charge in [0, 0.05) is 18.2 Å². The van der Waals surface area contributed by atoms with Gasteiger partial charge in [0.2, 0.25) is 5.91 Å². The molecule has 0 spiro atoms. The molecule has 0 N–H and O–H groups in total. The standard InChI is InChI=1S/C14H14N2OS2/c1-9-5-7-19-14(9)12-8-11(13-4-3-6-18-13)15-16(12)10(2)17/h3-7,12H,8H2,1-2H3/t12-/m0/s1. The SMILES string of the molecule is CC(=O)N1N=C(c2cccs2)C[C@H]1c1sccc1C. The van der Waals surface area contributed by atoms with Crippen LogP contribution in [0.3, 0.4) is 0 Å². The Labute approximate surface area is 120 Å². The number of amides is 1. The van der Waals surface area contributed by atoms with Gasteiger partial charge in [0.25, 0.3) is 0 Å². The van der Waals surface area contributed by atoms with E-state index in [9.17, 15) is 4.79 Å². The Morgan fingerprint density at radius 3 is 2.79 bits per heavy atom. The zero-order chi connectivity index (χ0) is 13.4. The number of carbonyl (C=O) groups is 1. The summed E-state index contributed by atoms with van der Waals surface area (Å²) >= 11 is 3.38. The molecule has 0 bridgehead atoms. The van der Waals surface area contributed by atoms with Gasteiger partial charge in [0.1, 0.15) is 0 Å². The average Bonchev–Trinajstić information content (AvgIpc) is 3.07. The van der Waals surface area contributed by atoms with Crippen LogP contribution in [0, 0.1) is 6.92 Å². The van der Waals surface area contributed by atoms with Crippen molar-refractivity contribution in [2.24, 2.45) is 5.10 Å². The van der Waals surface area contributed by atoms with Gasteiger partial charge in [0.05, 0.1) is 16.6 Å². The number of hydrazone groups is 1. The van der Waals surface area contributed by atoms with Crippen LogP contribution in [0.25, 0.3) is 0 Å². The molecule has 0 aliphatic carbocycles. The third-order valence-corrected chi connectivity index (χ3v) is 5.28. The van der Waals surface area contributed by atoms with Crippen LogP contribution in [0.15, 0.2) is 34.1 Å². The number of hydrogen-bond acceptors (Lipinski definition) is 4. The number of aryl methyl sites for hydroxylation is 1. The maximum absolute atomic E-state index is 11.8. The van der Waals surface area contributed by atoms with Crippen molar-refractivity contribution in [3.63, 3.8) is 0 Å². The fourth-order valence-corrected chi connectivity index (χ4v) is 4.06. The highest BCUT2D eigenvalue weighted by Crippen LogP contribution is 2.37. The molecule has 2 aromatic rings. The first-order chi connectivity index (χ1) is 9.16. The maximum Gasteiger partial charge on any atom is 0.240 e. The van der Waals surface area contributed by atoms with Crippen LogP contribution in [-0.2, 0) is 4.79 Å². The molecule has 1 aliphatic heterocycles. The van der Waals surface area contributed by atoms with Crippen molar-refractivity contribution in [3.05, 3.63) is 44.3 Å². The summed E-state index contributed by atoms with van der Waals surface area (Å²) in [4.78, 5) is 14.2. The molecule has 0 radical (unpaired) electrons. The molecule has 0 fully saturated rings. The highest BCUT2D eigenvalue weighted by atomic mass is 32.1. The van der Waals surface area contributed by atoms with Crippen LogP contribution in [0.2, 0.25) is 0 Å². The van der Waals surface area contributed by atoms with E-state index in [4.69, 9.17) is 0 Å².